The lowest BCUT2D eigenvalue weighted by Gasteiger charge is -1.85. The van der Waals surface area contributed by atoms with Crippen LogP contribution >= 0.6 is 12.2 Å². The van der Waals surface area contributed by atoms with E-state index in [-0.39, 0.29) is 0 Å². The first kappa shape index (κ1) is 7.56. The summed E-state index contributed by atoms with van der Waals surface area (Å²) in [7, 11) is 1.81. The fraction of sp³-hybridized carbons (Fsp3) is 0.600. The van der Waals surface area contributed by atoms with Gasteiger partial charge in [-0.15, -0.1) is 5.10 Å². The van der Waals surface area contributed by atoms with Crippen LogP contribution in [0.5, 0.6) is 0 Å². The van der Waals surface area contributed by atoms with Crippen molar-refractivity contribution in [1.29, 1.82) is 0 Å². The molecule has 0 aromatic heterocycles. The molecule has 0 bridgehead atoms. The van der Waals surface area contributed by atoms with Crippen molar-refractivity contribution in [3.63, 3.8) is 0 Å². The minimum Gasteiger partial charge on any atom is -0.203 e. The number of hydrazone groups is 1. The molecule has 0 heterocycles. The molecule has 0 aromatic carbocycles. The van der Waals surface area contributed by atoms with Crippen molar-refractivity contribution in [3.8, 4) is 0 Å². The number of rotatable bonds is 2. The maximum Gasteiger partial charge on any atom is 0.213 e. The smallest absolute Gasteiger partial charge is 0.203 e. The van der Waals surface area contributed by atoms with Gasteiger partial charge in [0.2, 0.25) is 5.71 Å². The fourth-order valence-corrected chi connectivity index (χ4v) is 0.327. The van der Waals surface area contributed by atoms with Gasteiger partial charge in [0, 0.05) is 6.92 Å². The summed E-state index contributed by atoms with van der Waals surface area (Å²) in [5.74, 6) is 0. The van der Waals surface area contributed by atoms with Gasteiger partial charge >= 0.3 is 0 Å². The van der Waals surface area contributed by atoms with E-state index in [1.165, 1.54) is 0 Å². The fourth-order valence-electron chi connectivity index (χ4n) is 0.276. The Labute approximate surface area is 55.0 Å². The SMILES string of the molecule is CN/[NH+]=C(/C)C(C)=S. The Balaban J connectivity index is 3.80. The first-order chi connectivity index (χ1) is 3.68. The minimum atomic E-state index is 0.888. The second-order valence-electron chi connectivity index (χ2n) is 1.56. The molecule has 0 atom stereocenters. The summed E-state index contributed by atoms with van der Waals surface area (Å²) in [6, 6.07) is 0. The van der Waals surface area contributed by atoms with Crippen molar-refractivity contribution in [2.45, 2.75) is 13.8 Å². The molecule has 8 heavy (non-hydrogen) atoms. The monoisotopic (exact) mass is 131 g/mol. The molecule has 0 aromatic rings. The zero-order valence-electron chi connectivity index (χ0n) is 5.41. The van der Waals surface area contributed by atoms with Crippen LogP contribution in [0, 0.1) is 0 Å². The molecule has 0 saturated carbocycles. The van der Waals surface area contributed by atoms with Gasteiger partial charge < -0.3 is 0 Å². The van der Waals surface area contributed by atoms with Crippen molar-refractivity contribution in [2.24, 2.45) is 0 Å². The molecule has 2 N–H and O–H groups in total. The van der Waals surface area contributed by atoms with Crippen LogP contribution in [0.4, 0.5) is 0 Å². The topological polar surface area (TPSA) is 26.0 Å². The highest BCUT2D eigenvalue weighted by Gasteiger charge is 1.96. The van der Waals surface area contributed by atoms with E-state index in [4.69, 9.17) is 12.2 Å². The zero-order chi connectivity index (χ0) is 6.57. The van der Waals surface area contributed by atoms with Gasteiger partial charge in [0.05, 0.1) is 11.9 Å². The molecule has 0 aliphatic rings. The van der Waals surface area contributed by atoms with Crippen LogP contribution in [0.25, 0.3) is 0 Å². The van der Waals surface area contributed by atoms with Gasteiger partial charge in [-0.1, -0.05) is 12.2 Å². The quantitative estimate of drug-likeness (QED) is 0.287. The second kappa shape index (κ2) is 3.55. The highest BCUT2D eigenvalue weighted by Crippen LogP contribution is 1.70. The van der Waals surface area contributed by atoms with Crippen LogP contribution in [-0.4, -0.2) is 17.6 Å². The lowest BCUT2D eigenvalue weighted by molar-refractivity contribution is -0.519. The predicted octanol–water partition coefficient (Wildman–Crippen LogP) is -0.948. The van der Waals surface area contributed by atoms with Crippen LogP contribution in [-0.2, 0) is 0 Å². The molecule has 0 amide bonds. The highest BCUT2D eigenvalue weighted by molar-refractivity contribution is 7.82. The van der Waals surface area contributed by atoms with Crippen molar-refractivity contribution >= 4 is 22.8 Å². The highest BCUT2D eigenvalue weighted by atomic mass is 32.1. The molecule has 0 unspecified atom stereocenters. The Morgan fingerprint density at radius 2 is 2.00 bits per heavy atom. The van der Waals surface area contributed by atoms with Crippen LogP contribution in [0.1, 0.15) is 13.8 Å². The summed E-state index contributed by atoms with van der Waals surface area (Å²) < 4.78 is 0. The largest absolute Gasteiger partial charge is 0.213 e. The molecule has 0 saturated heterocycles. The van der Waals surface area contributed by atoms with Gasteiger partial charge in [0.25, 0.3) is 0 Å². The van der Waals surface area contributed by atoms with Gasteiger partial charge in [-0.05, 0) is 6.92 Å². The van der Waals surface area contributed by atoms with E-state index >= 15 is 0 Å². The van der Waals surface area contributed by atoms with Gasteiger partial charge in [0.1, 0.15) is 0 Å². The van der Waals surface area contributed by atoms with E-state index < -0.39 is 0 Å². The first-order valence-electron chi connectivity index (χ1n) is 2.45. The first-order valence-corrected chi connectivity index (χ1v) is 2.86. The minimum absolute atomic E-state index is 0.888. The van der Waals surface area contributed by atoms with Crippen LogP contribution in [0.3, 0.4) is 0 Å². The molecular formula is C5H11N2S+. The average Bonchev–Trinajstić information content (AvgIpc) is 1.67. The van der Waals surface area contributed by atoms with Gasteiger partial charge in [-0.2, -0.15) is 0 Å². The zero-order valence-corrected chi connectivity index (χ0v) is 6.22. The lowest BCUT2D eigenvalue weighted by Crippen LogP contribution is -2.82. The molecule has 46 valence electrons. The molecule has 0 fully saturated rings. The van der Waals surface area contributed by atoms with Gasteiger partial charge in [0.15, 0.2) is 0 Å². The third-order valence-corrected chi connectivity index (χ3v) is 1.15. The molecule has 0 rings (SSSR count). The number of hydrazine groups is 1. The lowest BCUT2D eigenvalue weighted by atomic mass is 10.3. The number of hydrogen-bond acceptors (Lipinski definition) is 2. The molecule has 2 nitrogen and oxygen atoms in total. The summed E-state index contributed by atoms with van der Waals surface area (Å²) in [5.41, 5.74) is 3.78. The Morgan fingerprint density at radius 3 is 2.12 bits per heavy atom. The molecule has 0 aliphatic carbocycles. The van der Waals surface area contributed by atoms with E-state index in [1.807, 2.05) is 20.9 Å². The molecular weight excluding hydrogens is 120 g/mol. The third-order valence-electron chi connectivity index (χ3n) is 0.841. The van der Waals surface area contributed by atoms with E-state index in [9.17, 15) is 0 Å². The maximum atomic E-state index is 4.84. The van der Waals surface area contributed by atoms with Gasteiger partial charge in [-0.3, -0.25) is 0 Å². The van der Waals surface area contributed by atoms with E-state index in [1.54, 1.807) is 0 Å². The predicted molar refractivity (Wildman–Crippen MR) is 39.0 cm³/mol. The maximum absolute atomic E-state index is 4.84. The van der Waals surface area contributed by atoms with Crippen molar-refractivity contribution < 1.29 is 5.10 Å². The van der Waals surface area contributed by atoms with Crippen molar-refractivity contribution in [3.05, 3.63) is 0 Å². The molecule has 3 heteroatoms. The van der Waals surface area contributed by atoms with Crippen LogP contribution < -0.4 is 10.5 Å². The Bertz CT molecular complexity index is 118. The van der Waals surface area contributed by atoms with E-state index in [0.29, 0.717) is 0 Å². The molecule has 0 spiro atoms. The second-order valence-corrected chi connectivity index (χ2v) is 2.17. The Hall–Kier alpha value is -0.440. The van der Waals surface area contributed by atoms with E-state index in [2.05, 4.69) is 10.5 Å². The Morgan fingerprint density at radius 1 is 1.50 bits per heavy atom. The standard InChI is InChI=1S/C5H10N2S/c1-4(5(2)8)7-6-3/h6H,1-3H3/p+1/b7-4-. The summed E-state index contributed by atoms with van der Waals surface area (Å²) in [4.78, 5) is 0.888. The van der Waals surface area contributed by atoms with Crippen molar-refractivity contribution in [2.75, 3.05) is 7.05 Å². The molecule has 0 aliphatic heterocycles. The van der Waals surface area contributed by atoms with E-state index in [0.717, 1.165) is 10.6 Å². The number of thiocarbonyl (C=S) groups is 1. The van der Waals surface area contributed by atoms with Crippen LogP contribution in [0.15, 0.2) is 0 Å². The van der Waals surface area contributed by atoms with Crippen molar-refractivity contribution in [1.82, 2.24) is 5.43 Å². The summed E-state index contributed by atoms with van der Waals surface area (Å²) in [5, 5.41) is 2.87. The van der Waals surface area contributed by atoms with Crippen LogP contribution in [0.2, 0.25) is 0 Å². The average molecular weight is 131 g/mol. The summed E-state index contributed by atoms with van der Waals surface area (Å²) >= 11 is 4.84. The number of hydrogen-bond donors (Lipinski definition) is 2. The third kappa shape index (κ3) is 2.69. The summed E-state index contributed by atoms with van der Waals surface area (Å²) in [6.45, 7) is 3.81. The summed E-state index contributed by atoms with van der Waals surface area (Å²) in [6.07, 6.45) is 0. The normalized spacial score (nSPS) is 11.1. The van der Waals surface area contributed by atoms with Gasteiger partial charge in [-0.25, -0.2) is 5.43 Å². The Kier molecular flexibility index (Phi) is 3.35. The molecule has 0 radical (unpaired) electrons. The number of nitrogens with one attached hydrogen (secondary N) is 2.